The maximum Gasteiger partial charge on any atom is -0.00187 e. The van der Waals surface area contributed by atoms with Gasteiger partial charge in [-0.15, -0.1) is 12.4 Å². The van der Waals surface area contributed by atoms with Crippen LogP contribution in [0.25, 0.3) is 0 Å². The van der Waals surface area contributed by atoms with E-state index in [1.807, 2.05) is 0 Å². The van der Waals surface area contributed by atoms with Crippen molar-refractivity contribution in [3.8, 4) is 0 Å². The van der Waals surface area contributed by atoms with Crippen molar-refractivity contribution in [2.45, 2.75) is 175 Å². The van der Waals surface area contributed by atoms with Crippen LogP contribution >= 0.6 is 12.4 Å². The zero-order chi connectivity index (χ0) is 22.7. The third-order valence-corrected chi connectivity index (χ3v) is 6.98. The van der Waals surface area contributed by atoms with Crippen molar-refractivity contribution in [1.82, 2.24) is 4.90 Å². The molecule has 0 fully saturated rings. The maximum absolute atomic E-state index is 2.82. The van der Waals surface area contributed by atoms with E-state index < -0.39 is 0 Å². The Morgan fingerprint density at radius 1 is 0.281 bits per heavy atom. The normalized spacial score (nSPS) is 11.2. The molecule has 32 heavy (non-hydrogen) atoms. The van der Waals surface area contributed by atoms with Gasteiger partial charge >= 0.3 is 0 Å². The topological polar surface area (TPSA) is 3.24 Å². The average molecular weight is 474 g/mol. The van der Waals surface area contributed by atoms with E-state index in [4.69, 9.17) is 0 Å². The second kappa shape index (κ2) is 31.2. The monoisotopic (exact) mass is 473 g/mol. The summed E-state index contributed by atoms with van der Waals surface area (Å²) in [6.07, 6.45) is 34.6. The molecule has 0 atom stereocenters. The number of hydrogen-bond donors (Lipinski definition) is 0. The van der Waals surface area contributed by atoms with E-state index in [9.17, 15) is 0 Å². The first-order valence-corrected chi connectivity index (χ1v) is 15.1. The van der Waals surface area contributed by atoms with E-state index in [-0.39, 0.29) is 12.4 Å². The van der Waals surface area contributed by atoms with Gasteiger partial charge in [-0.3, -0.25) is 0 Å². The van der Waals surface area contributed by atoms with Crippen LogP contribution in [0.2, 0.25) is 0 Å². The quantitative estimate of drug-likeness (QED) is 0.107. The van der Waals surface area contributed by atoms with Crippen LogP contribution in [0.4, 0.5) is 0 Å². The summed E-state index contributed by atoms with van der Waals surface area (Å²) >= 11 is 0. The van der Waals surface area contributed by atoms with Crippen molar-refractivity contribution in [3.63, 3.8) is 0 Å². The van der Waals surface area contributed by atoms with Gasteiger partial charge in [-0.1, -0.05) is 156 Å². The van der Waals surface area contributed by atoms with Crippen LogP contribution < -0.4 is 0 Å². The fourth-order valence-electron chi connectivity index (χ4n) is 4.74. The summed E-state index contributed by atoms with van der Waals surface area (Å²) in [5.41, 5.74) is 0. The van der Waals surface area contributed by atoms with Crippen molar-refractivity contribution in [2.75, 3.05) is 19.6 Å². The van der Waals surface area contributed by atoms with Crippen molar-refractivity contribution < 1.29 is 0 Å². The first-order chi connectivity index (χ1) is 15.3. The minimum atomic E-state index is 0. The molecule has 1 nitrogen and oxygen atoms in total. The predicted molar refractivity (Wildman–Crippen MR) is 152 cm³/mol. The Bertz CT molecular complexity index is 260. The summed E-state index contributed by atoms with van der Waals surface area (Å²) in [5.74, 6) is 0. The Morgan fingerprint density at radius 2 is 0.469 bits per heavy atom. The van der Waals surface area contributed by atoms with Crippen molar-refractivity contribution in [3.05, 3.63) is 0 Å². The zero-order valence-electron chi connectivity index (χ0n) is 22.9. The lowest BCUT2D eigenvalue weighted by Gasteiger charge is -2.22. The molecule has 0 spiro atoms. The van der Waals surface area contributed by atoms with Crippen molar-refractivity contribution >= 4 is 12.4 Å². The molecule has 0 aliphatic heterocycles. The number of rotatable bonds is 27. The standard InChI is InChI=1S/C30H63N.ClH/c1-4-7-10-13-16-19-22-25-28-31(29-26-23-20-17-14-11-8-5-2)30-27-24-21-18-15-12-9-6-3;/h4-30H2,1-3H3;1H. The van der Waals surface area contributed by atoms with Crippen LogP contribution in [0.3, 0.4) is 0 Å². The molecule has 0 aromatic rings. The lowest BCUT2D eigenvalue weighted by atomic mass is 10.1. The molecule has 0 saturated heterocycles. The number of hydrogen-bond acceptors (Lipinski definition) is 1. The summed E-state index contributed by atoms with van der Waals surface area (Å²) in [6, 6.07) is 0. The molecule has 0 saturated carbocycles. The molecule has 0 unspecified atom stereocenters. The molecule has 2 heteroatoms. The minimum Gasteiger partial charge on any atom is -0.303 e. The van der Waals surface area contributed by atoms with Crippen LogP contribution in [-0.2, 0) is 0 Å². The van der Waals surface area contributed by atoms with Gasteiger partial charge in [-0.05, 0) is 38.9 Å². The van der Waals surface area contributed by atoms with E-state index in [2.05, 4.69) is 25.7 Å². The number of halogens is 1. The van der Waals surface area contributed by atoms with Crippen LogP contribution in [-0.4, -0.2) is 24.5 Å². The molecular weight excluding hydrogens is 410 g/mol. The van der Waals surface area contributed by atoms with Gasteiger partial charge in [0.2, 0.25) is 0 Å². The van der Waals surface area contributed by atoms with Crippen molar-refractivity contribution in [2.24, 2.45) is 0 Å². The molecule has 0 N–H and O–H groups in total. The molecule has 0 radical (unpaired) electrons. The van der Waals surface area contributed by atoms with Gasteiger partial charge in [-0.2, -0.15) is 0 Å². The molecule has 0 rings (SSSR count). The second-order valence-electron chi connectivity index (χ2n) is 10.3. The highest BCUT2D eigenvalue weighted by Gasteiger charge is 2.05. The van der Waals surface area contributed by atoms with E-state index in [0.29, 0.717) is 0 Å². The largest absolute Gasteiger partial charge is 0.303 e. The second-order valence-corrected chi connectivity index (χ2v) is 10.3. The lowest BCUT2D eigenvalue weighted by Crippen LogP contribution is -2.27. The molecule has 0 aromatic heterocycles. The summed E-state index contributed by atoms with van der Waals surface area (Å²) in [7, 11) is 0. The van der Waals surface area contributed by atoms with Gasteiger partial charge in [0.15, 0.2) is 0 Å². The first-order valence-electron chi connectivity index (χ1n) is 15.1. The van der Waals surface area contributed by atoms with Crippen LogP contribution in [0.1, 0.15) is 175 Å². The molecular formula is C30H64ClN. The molecule has 0 heterocycles. The lowest BCUT2D eigenvalue weighted by molar-refractivity contribution is 0.254. The van der Waals surface area contributed by atoms with Crippen LogP contribution in [0, 0.1) is 0 Å². The summed E-state index contributed by atoms with van der Waals surface area (Å²) < 4.78 is 0. The minimum absolute atomic E-state index is 0. The smallest absolute Gasteiger partial charge is 0.00187 e. The average Bonchev–Trinajstić information content (AvgIpc) is 2.78. The summed E-state index contributed by atoms with van der Waals surface area (Å²) in [5, 5.41) is 0. The third kappa shape index (κ3) is 28.3. The van der Waals surface area contributed by atoms with Gasteiger partial charge in [0, 0.05) is 0 Å². The van der Waals surface area contributed by atoms with Gasteiger partial charge in [0.25, 0.3) is 0 Å². The fraction of sp³-hybridized carbons (Fsp3) is 1.00. The van der Waals surface area contributed by atoms with Crippen LogP contribution in [0.5, 0.6) is 0 Å². The van der Waals surface area contributed by atoms with E-state index >= 15 is 0 Å². The van der Waals surface area contributed by atoms with Gasteiger partial charge in [0.1, 0.15) is 0 Å². The molecule has 0 aliphatic rings. The summed E-state index contributed by atoms with van der Waals surface area (Å²) in [4.78, 5) is 2.82. The highest BCUT2D eigenvalue weighted by molar-refractivity contribution is 5.85. The van der Waals surface area contributed by atoms with Gasteiger partial charge < -0.3 is 4.90 Å². The van der Waals surface area contributed by atoms with E-state index in [1.165, 1.54) is 174 Å². The van der Waals surface area contributed by atoms with Gasteiger partial charge in [0.05, 0.1) is 0 Å². The van der Waals surface area contributed by atoms with E-state index in [0.717, 1.165) is 0 Å². The first kappa shape index (κ1) is 34.4. The molecule has 196 valence electrons. The SMILES string of the molecule is CCCCCCCCCCN(CCCCCCCCCC)CCCCCCCCCC.Cl. The Morgan fingerprint density at radius 3 is 0.688 bits per heavy atom. The highest BCUT2D eigenvalue weighted by atomic mass is 35.5. The highest BCUT2D eigenvalue weighted by Crippen LogP contribution is 2.13. The third-order valence-electron chi connectivity index (χ3n) is 6.98. The number of nitrogens with zero attached hydrogens (tertiary/aromatic N) is 1. The van der Waals surface area contributed by atoms with Crippen molar-refractivity contribution in [1.29, 1.82) is 0 Å². The molecule has 0 aliphatic carbocycles. The Hall–Kier alpha value is 0.250. The molecule has 0 bridgehead atoms. The Balaban J connectivity index is 0. The zero-order valence-corrected chi connectivity index (χ0v) is 23.8. The maximum atomic E-state index is 2.82. The van der Waals surface area contributed by atoms with Gasteiger partial charge in [-0.25, -0.2) is 0 Å². The molecule has 0 amide bonds. The Labute approximate surface area is 211 Å². The number of unbranched alkanes of at least 4 members (excludes halogenated alkanes) is 21. The van der Waals surface area contributed by atoms with E-state index in [1.54, 1.807) is 0 Å². The predicted octanol–water partition coefficient (Wildman–Crippen LogP) is 11.1. The Kier molecular flexibility index (Phi) is 33.6. The molecule has 0 aromatic carbocycles. The van der Waals surface area contributed by atoms with Crippen LogP contribution in [0.15, 0.2) is 0 Å². The fourth-order valence-corrected chi connectivity index (χ4v) is 4.74. The summed E-state index contributed by atoms with van der Waals surface area (Å²) in [6.45, 7) is 11.0.